The summed E-state index contributed by atoms with van der Waals surface area (Å²) in [5, 5.41) is 14.3. The Morgan fingerprint density at radius 2 is 1.79 bits per heavy atom. The summed E-state index contributed by atoms with van der Waals surface area (Å²) in [6.07, 6.45) is -4.90. The quantitative estimate of drug-likeness (QED) is 0.220. The summed E-state index contributed by atoms with van der Waals surface area (Å²) in [6.45, 7) is 0.276. The third-order valence-electron chi connectivity index (χ3n) is 7.03. The first-order valence-electron chi connectivity index (χ1n) is 13.3. The van der Waals surface area contributed by atoms with E-state index in [1.54, 1.807) is 24.3 Å². The van der Waals surface area contributed by atoms with Crippen LogP contribution >= 0.6 is 0 Å². The van der Waals surface area contributed by atoms with Crippen molar-refractivity contribution in [3.63, 3.8) is 0 Å². The van der Waals surface area contributed by atoms with Gasteiger partial charge >= 0.3 is 18.2 Å². The molecule has 0 saturated carbocycles. The van der Waals surface area contributed by atoms with Gasteiger partial charge in [0.2, 0.25) is 0 Å². The maximum absolute atomic E-state index is 14.6. The van der Waals surface area contributed by atoms with Crippen LogP contribution in [0.2, 0.25) is 0 Å². The largest absolute Gasteiger partial charge is 0.458 e. The normalized spacial score (nSPS) is 19.3. The summed E-state index contributed by atoms with van der Waals surface area (Å²) in [5.41, 5.74) is 6.10. The van der Waals surface area contributed by atoms with E-state index in [0.29, 0.717) is 15.8 Å². The lowest BCUT2D eigenvalue weighted by molar-refractivity contribution is -0.191. The van der Waals surface area contributed by atoms with Gasteiger partial charge in [0.15, 0.2) is 11.9 Å². The molecular formula is C27H28F4N8O4. The molecule has 3 heterocycles. The fraction of sp³-hybridized carbons (Fsp3) is 0.370. The van der Waals surface area contributed by atoms with Crippen LogP contribution in [0.25, 0.3) is 0 Å². The number of hydrogen-bond donors (Lipinski definition) is 3. The summed E-state index contributed by atoms with van der Waals surface area (Å²) in [5.74, 6) is -2.50. The number of urea groups is 1. The van der Waals surface area contributed by atoms with Crippen molar-refractivity contribution in [3.8, 4) is 6.01 Å². The molecule has 2 atom stereocenters. The molecule has 2 fully saturated rings. The van der Waals surface area contributed by atoms with Crippen molar-refractivity contribution in [2.45, 2.75) is 24.9 Å². The highest BCUT2D eigenvalue weighted by Gasteiger charge is 2.54. The maximum Gasteiger partial charge on any atom is 0.410 e. The number of benzene rings is 2. The van der Waals surface area contributed by atoms with E-state index >= 15 is 0 Å². The van der Waals surface area contributed by atoms with Crippen molar-refractivity contribution in [1.82, 2.24) is 29.9 Å². The molecule has 0 aliphatic carbocycles. The monoisotopic (exact) mass is 604 g/mol. The SMILES string of the molecule is N=C(N)c1ccc(COc2nc(C3NCCN(C(=O)N4CCOCC4)C3C(F)(F)F)nn2C(=O)c2ccccc2F)cc1. The number of hydrogen-bond acceptors (Lipinski definition) is 8. The molecule has 2 aliphatic rings. The second-order valence-electron chi connectivity index (χ2n) is 9.84. The van der Waals surface area contributed by atoms with Gasteiger partial charge in [0.1, 0.15) is 18.3 Å². The Hall–Kier alpha value is -4.57. The minimum Gasteiger partial charge on any atom is -0.458 e. The number of alkyl halides is 3. The van der Waals surface area contributed by atoms with E-state index in [4.69, 9.17) is 20.6 Å². The third kappa shape index (κ3) is 6.44. The van der Waals surface area contributed by atoms with Crippen molar-refractivity contribution in [1.29, 1.82) is 5.41 Å². The number of rotatable bonds is 6. The number of ether oxygens (including phenoxy) is 2. The average Bonchev–Trinajstić information content (AvgIpc) is 3.43. The van der Waals surface area contributed by atoms with E-state index in [1.165, 1.54) is 23.1 Å². The molecule has 0 radical (unpaired) electrons. The van der Waals surface area contributed by atoms with Crippen LogP contribution in [0, 0.1) is 11.2 Å². The molecule has 3 aromatic rings. The Balaban J connectivity index is 1.49. The highest BCUT2D eigenvalue weighted by molar-refractivity contribution is 5.96. The number of carbonyl (C=O) groups excluding carboxylic acids is 2. The molecule has 0 spiro atoms. The lowest BCUT2D eigenvalue weighted by Crippen LogP contribution is -2.64. The number of morpholine rings is 1. The molecule has 2 saturated heterocycles. The fourth-order valence-electron chi connectivity index (χ4n) is 4.87. The van der Waals surface area contributed by atoms with Crippen molar-refractivity contribution < 1.29 is 36.6 Å². The molecule has 4 N–H and O–H groups in total. The Morgan fingerprint density at radius 3 is 2.44 bits per heavy atom. The Labute approximate surface area is 242 Å². The van der Waals surface area contributed by atoms with Crippen LogP contribution in [0.3, 0.4) is 0 Å². The summed E-state index contributed by atoms with van der Waals surface area (Å²) in [4.78, 5) is 32.7. The number of amides is 2. The topological polar surface area (TPSA) is 152 Å². The molecule has 12 nitrogen and oxygen atoms in total. The van der Waals surface area contributed by atoms with Gasteiger partial charge in [0.25, 0.3) is 5.91 Å². The molecule has 228 valence electrons. The summed E-state index contributed by atoms with van der Waals surface area (Å²) in [6, 6.07) is 6.09. The number of aromatic nitrogens is 3. The number of piperazine rings is 1. The molecule has 16 heteroatoms. The molecule has 0 bridgehead atoms. The van der Waals surface area contributed by atoms with Gasteiger partial charge in [-0.3, -0.25) is 10.2 Å². The minimum atomic E-state index is -4.90. The van der Waals surface area contributed by atoms with E-state index in [9.17, 15) is 27.2 Å². The first-order chi connectivity index (χ1) is 20.5. The number of carbonyl (C=O) groups is 2. The molecular weight excluding hydrogens is 576 g/mol. The van der Waals surface area contributed by atoms with Gasteiger partial charge in [-0.25, -0.2) is 9.18 Å². The fourth-order valence-corrected chi connectivity index (χ4v) is 4.87. The molecule has 2 unspecified atom stereocenters. The number of nitrogens with zero attached hydrogens (tertiary/aromatic N) is 5. The molecule has 2 amide bonds. The lowest BCUT2D eigenvalue weighted by Gasteiger charge is -2.43. The average molecular weight is 605 g/mol. The Morgan fingerprint density at radius 1 is 1.09 bits per heavy atom. The molecule has 2 aliphatic heterocycles. The zero-order valence-electron chi connectivity index (χ0n) is 22.7. The zero-order chi connectivity index (χ0) is 30.7. The van der Waals surface area contributed by atoms with Gasteiger partial charge in [-0.05, 0) is 17.7 Å². The van der Waals surface area contributed by atoms with E-state index in [-0.39, 0.29) is 51.8 Å². The number of halogens is 4. The summed E-state index contributed by atoms with van der Waals surface area (Å²) in [7, 11) is 0. The van der Waals surface area contributed by atoms with Crippen LogP contribution in [0.5, 0.6) is 6.01 Å². The number of nitrogens with one attached hydrogen (secondary N) is 2. The maximum atomic E-state index is 14.6. The van der Waals surface area contributed by atoms with Crippen LogP contribution in [-0.4, -0.2) is 93.9 Å². The molecule has 43 heavy (non-hydrogen) atoms. The van der Waals surface area contributed by atoms with E-state index < -0.39 is 53.4 Å². The second kappa shape index (κ2) is 12.3. The van der Waals surface area contributed by atoms with E-state index in [1.807, 2.05) is 0 Å². The first kappa shape index (κ1) is 29.9. The van der Waals surface area contributed by atoms with E-state index in [0.717, 1.165) is 11.0 Å². The van der Waals surface area contributed by atoms with Crippen molar-refractivity contribution in [2.75, 3.05) is 39.4 Å². The first-order valence-corrected chi connectivity index (χ1v) is 13.3. The van der Waals surface area contributed by atoms with Crippen LogP contribution < -0.4 is 15.8 Å². The summed E-state index contributed by atoms with van der Waals surface area (Å²) >= 11 is 0. The van der Waals surface area contributed by atoms with Gasteiger partial charge in [0, 0.05) is 31.7 Å². The Bertz CT molecular complexity index is 1490. The van der Waals surface area contributed by atoms with E-state index in [2.05, 4.69) is 15.4 Å². The molecule has 2 aromatic carbocycles. The molecule has 1 aromatic heterocycles. The van der Waals surface area contributed by atoms with Gasteiger partial charge in [-0.1, -0.05) is 36.4 Å². The van der Waals surface area contributed by atoms with Gasteiger partial charge in [0.05, 0.1) is 24.8 Å². The second-order valence-corrected chi connectivity index (χ2v) is 9.84. The predicted octanol–water partition coefficient (Wildman–Crippen LogP) is 2.30. The zero-order valence-corrected chi connectivity index (χ0v) is 22.7. The predicted molar refractivity (Wildman–Crippen MR) is 143 cm³/mol. The van der Waals surface area contributed by atoms with Gasteiger partial charge < -0.3 is 30.3 Å². The standard InChI is InChI=1S/C27H28F4N8O4/c28-19-4-2-1-3-18(19)24(40)39-25(43-15-16-5-7-17(8-6-16)22(32)33)35-23(36-39)20-21(27(29,30)31)38(10-9-34-20)26(41)37-11-13-42-14-12-37/h1-8,20-21,34H,9-15H2,(H3,32,33). The van der Waals surface area contributed by atoms with Crippen LogP contribution in [0.4, 0.5) is 22.4 Å². The van der Waals surface area contributed by atoms with Crippen molar-refractivity contribution in [3.05, 3.63) is 76.9 Å². The lowest BCUT2D eigenvalue weighted by atomic mass is 10.0. The van der Waals surface area contributed by atoms with Gasteiger partial charge in [-0.15, -0.1) is 9.78 Å². The smallest absolute Gasteiger partial charge is 0.410 e. The number of nitrogens with two attached hydrogens (primary N) is 1. The number of amidine groups is 1. The van der Waals surface area contributed by atoms with Crippen LogP contribution in [0.15, 0.2) is 48.5 Å². The van der Waals surface area contributed by atoms with Crippen molar-refractivity contribution in [2.24, 2.45) is 5.73 Å². The molecule has 5 rings (SSSR count). The third-order valence-corrected chi connectivity index (χ3v) is 7.03. The minimum absolute atomic E-state index is 0.0121. The van der Waals surface area contributed by atoms with Crippen LogP contribution in [-0.2, 0) is 11.3 Å². The highest BCUT2D eigenvalue weighted by Crippen LogP contribution is 2.36. The number of nitrogen functional groups attached to an aromatic ring is 1. The highest BCUT2D eigenvalue weighted by atomic mass is 19.4. The Kier molecular flexibility index (Phi) is 8.59. The van der Waals surface area contributed by atoms with Crippen LogP contribution in [0.1, 0.15) is 33.4 Å². The summed E-state index contributed by atoms with van der Waals surface area (Å²) < 4.78 is 69.8. The van der Waals surface area contributed by atoms with Crippen molar-refractivity contribution >= 4 is 17.8 Å². The van der Waals surface area contributed by atoms with Gasteiger partial charge in [-0.2, -0.15) is 18.2 Å².